The molecule has 2 amide bonds. The van der Waals surface area contributed by atoms with E-state index in [-0.39, 0.29) is 11.5 Å². The molecule has 1 aliphatic heterocycles. The maximum absolute atomic E-state index is 12.6. The highest BCUT2D eigenvalue weighted by molar-refractivity contribution is 7.15. The maximum Gasteiger partial charge on any atom is 0.271 e. The number of nitrogens with zero attached hydrogens (tertiary/aromatic N) is 3. The van der Waals surface area contributed by atoms with Gasteiger partial charge in [0.05, 0.1) is 0 Å². The van der Waals surface area contributed by atoms with Crippen molar-refractivity contribution in [3.8, 4) is 0 Å². The van der Waals surface area contributed by atoms with Crippen molar-refractivity contribution in [3.05, 3.63) is 57.5 Å². The Morgan fingerprint density at radius 2 is 2.15 bits per heavy atom. The molecule has 0 radical (unpaired) electrons. The summed E-state index contributed by atoms with van der Waals surface area (Å²) in [6, 6.07) is 7.06. The molecule has 1 fully saturated rings. The van der Waals surface area contributed by atoms with Gasteiger partial charge in [-0.1, -0.05) is 6.07 Å². The average molecular weight is 368 g/mol. The van der Waals surface area contributed by atoms with Gasteiger partial charge in [0.2, 0.25) is 5.91 Å². The Morgan fingerprint density at radius 3 is 2.92 bits per heavy atom. The van der Waals surface area contributed by atoms with Gasteiger partial charge in [-0.25, -0.2) is 4.98 Å². The molecule has 1 aliphatic rings. The Hall–Kier alpha value is -3.00. The molecule has 4 rings (SSSR count). The Balaban J connectivity index is 1.63. The summed E-state index contributed by atoms with van der Waals surface area (Å²) in [4.78, 5) is 43.5. The number of nitrogens with one attached hydrogen (secondary N) is 1. The number of amides is 2. The number of benzene rings is 1. The third kappa shape index (κ3) is 2.78. The van der Waals surface area contributed by atoms with Crippen molar-refractivity contribution < 1.29 is 9.59 Å². The number of thiazole rings is 1. The van der Waals surface area contributed by atoms with E-state index >= 15 is 0 Å². The number of hydrogen-bond acceptors (Lipinski definition) is 5. The van der Waals surface area contributed by atoms with Gasteiger partial charge >= 0.3 is 0 Å². The molecule has 2 aromatic heterocycles. The highest BCUT2D eigenvalue weighted by Crippen LogP contribution is 2.24. The van der Waals surface area contributed by atoms with Crippen LogP contribution in [0, 0.1) is 6.92 Å². The standard InChI is InChI=1S/C18H16N4O3S/c1-11-10-26-18-19-9-14(17(25)22(11)18)16(24)20-12-4-2-5-13(8-12)21-7-3-6-15(21)23/h2,4-5,8-10H,3,6-7H2,1H3,(H,20,24). The van der Waals surface area contributed by atoms with E-state index in [9.17, 15) is 14.4 Å². The van der Waals surface area contributed by atoms with Gasteiger partial charge in [-0.2, -0.15) is 0 Å². The second-order valence-electron chi connectivity index (χ2n) is 6.13. The zero-order valence-corrected chi connectivity index (χ0v) is 14.9. The third-order valence-electron chi connectivity index (χ3n) is 4.35. The fourth-order valence-electron chi connectivity index (χ4n) is 3.05. The smallest absolute Gasteiger partial charge is 0.271 e. The molecule has 3 heterocycles. The van der Waals surface area contributed by atoms with Gasteiger partial charge in [0, 0.05) is 41.6 Å². The number of carbonyl (C=O) groups is 2. The van der Waals surface area contributed by atoms with Crippen molar-refractivity contribution in [1.82, 2.24) is 9.38 Å². The molecule has 1 aromatic carbocycles. The average Bonchev–Trinajstić information content (AvgIpc) is 3.21. The lowest BCUT2D eigenvalue weighted by Gasteiger charge is -2.16. The van der Waals surface area contributed by atoms with Crippen molar-refractivity contribution in [3.63, 3.8) is 0 Å². The number of carbonyl (C=O) groups excluding carboxylic acids is 2. The monoisotopic (exact) mass is 368 g/mol. The molecule has 0 atom stereocenters. The van der Waals surface area contributed by atoms with Crippen molar-refractivity contribution in [2.24, 2.45) is 0 Å². The predicted octanol–water partition coefficient (Wildman–Crippen LogP) is 2.44. The Labute approximate surface area is 152 Å². The predicted molar refractivity (Wildman–Crippen MR) is 100 cm³/mol. The summed E-state index contributed by atoms with van der Waals surface area (Å²) in [6.45, 7) is 2.47. The molecular formula is C18H16N4O3S. The van der Waals surface area contributed by atoms with E-state index in [0.29, 0.717) is 23.6 Å². The second kappa shape index (κ2) is 6.38. The highest BCUT2D eigenvalue weighted by Gasteiger charge is 2.22. The summed E-state index contributed by atoms with van der Waals surface area (Å²) in [7, 11) is 0. The van der Waals surface area contributed by atoms with Crippen LogP contribution in [0.1, 0.15) is 28.9 Å². The third-order valence-corrected chi connectivity index (χ3v) is 5.31. The van der Waals surface area contributed by atoms with Crippen LogP contribution in [0.3, 0.4) is 0 Å². The lowest BCUT2D eigenvalue weighted by molar-refractivity contribution is -0.117. The van der Waals surface area contributed by atoms with Crippen LogP contribution in [0.25, 0.3) is 4.96 Å². The highest BCUT2D eigenvalue weighted by atomic mass is 32.1. The van der Waals surface area contributed by atoms with Gasteiger partial charge in [0.15, 0.2) is 4.96 Å². The zero-order chi connectivity index (χ0) is 18.3. The molecule has 1 N–H and O–H groups in total. The second-order valence-corrected chi connectivity index (χ2v) is 6.96. The first-order chi connectivity index (χ1) is 12.5. The normalized spacial score (nSPS) is 14.2. The summed E-state index contributed by atoms with van der Waals surface area (Å²) in [5, 5.41) is 4.55. The number of anilines is 2. The fraction of sp³-hybridized carbons (Fsp3) is 0.222. The molecule has 8 heteroatoms. The Morgan fingerprint density at radius 1 is 1.31 bits per heavy atom. The van der Waals surface area contributed by atoms with Crippen LogP contribution in [0.4, 0.5) is 11.4 Å². The molecule has 1 saturated heterocycles. The lowest BCUT2D eigenvalue weighted by Crippen LogP contribution is -2.27. The van der Waals surface area contributed by atoms with Crippen LogP contribution in [0.15, 0.2) is 40.6 Å². The van der Waals surface area contributed by atoms with E-state index < -0.39 is 11.5 Å². The zero-order valence-electron chi connectivity index (χ0n) is 14.1. The first-order valence-corrected chi connectivity index (χ1v) is 9.10. The van der Waals surface area contributed by atoms with E-state index in [4.69, 9.17) is 0 Å². The minimum Gasteiger partial charge on any atom is -0.322 e. The van der Waals surface area contributed by atoms with E-state index in [0.717, 1.165) is 17.8 Å². The number of aryl methyl sites for hydroxylation is 1. The van der Waals surface area contributed by atoms with Gasteiger partial charge in [0.1, 0.15) is 5.56 Å². The van der Waals surface area contributed by atoms with Gasteiger partial charge in [-0.05, 0) is 31.5 Å². The van der Waals surface area contributed by atoms with Gasteiger partial charge in [-0.15, -0.1) is 11.3 Å². The molecule has 132 valence electrons. The molecular weight excluding hydrogens is 352 g/mol. The van der Waals surface area contributed by atoms with E-state index in [1.54, 1.807) is 30.0 Å². The molecule has 0 spiro atoms. The van der Waals surface area contributed by atoms with Crippen LogP contribution in [-0.4, -0.2) is 27.7 Å². The largest absolute Gasteiger partial charge is 0.322 e. The minimum absolute atomic E-state index is 0.0216. The summed E-state index contributed by atoms with van der Waals surface area (Å²) in [6.07, 6.45) is 2.67. The van der Waals surface area contributed by atoms with Crippen LogP contribution in [-0.2, 0) is 4.79 Å². The van der Waals surface area contributed by atoms with Crippen molar-refractivity contribution in [1.29, 1.82) is 0 Å². The molecule has 0 bridgehead atoms. The van der Waals surface area contributed by atoms with E-state index in [1.165, 1.54) is 21.9 Å². The number of rotatable bonds is 3. The van der Waals surface area contributed by atoms with Crippen molar-refractivity contribution >= 4 is 39.5 Å². The quantitative estimate of drug-likeness (QED) is 0.770. The van der Waals surface area contributed by atoms with E-state index in [2.05, 4.69) is 10.3 Å². The molecule has 0 saturated carbocycles. The van der Waals surface area contributed by atoms with Gasteiger partial charge < -0.3 is 10.2 Å². The van der Waals surface area contributed by atoms with Crippen molar-refractivity contribution in [2.75, 3.05) is 16.8 Å². The molecule has 7 nitrogen and oxygen atoms in total. The van der Waals surface area contributed by atoms with Crippen LogP contribution < -0.4 is 15.8 Å². The van der Waals surface area contributed by atoms with Crippen LogP contribution in [0.5, 0.6) is 0 Å². The Bertz CT molecular complexity index is 1090. The maximum atomic E-state index is 12.6. The topological polar surface area (TPSA) is 83.8 Å². The fourth-order valence-corrected chi connectivity index (χ4v) is 3.88. The van der Waals surface area contributed by atoms with Gasteiger partial charge in [0.25, 0.3) is 11.5 Å². The molecule has 3 aromatic rings. The minimum atomic E-state index is -0.521. The van der Waals surface area contributed by atoms with Crippen LogP contribution in [0.2, 0.25) is 0 Å². The summed E-state index contributed by atoms with van der Waals surface area (Å²) < 4.78 is 1.43. The first kappa shape index (κ1) is 16.5. The number of hydrogen-bond donors (Lipinski definition) is 1. The van der Waals surface area contributed by atoms with E-state index in [1.807, 2.05) is 11.4 Å². The number of aromatic nitrogens is 2. The lowest BCUT2D eigenvalue weighted by atomic mass is 10.2. The summed E-state index contributed by atoms with van der Waals surface area (Å²) in [5.41, 5.74) is 1.60. The summed E-state index contributed by atoms with van der Waals surface area (Å²) >= 11 is 1.35. The van der Waals surface area contributed by atoms with Crippen molar-refractivity contribution in [2.45, 2.75) is 19.8 Å². The SMILES string of the molecule is Cc1csc2ncc(C(=O)Nc3cccc(N4CCCC4=O)c3)c(=O)n12. The molecule has 0 aliphatic carbocycles. The van der Waals surface area contributed by atoms with Gasteiger partial charge in [-0.3, -0.25) is 18.8 Å². The van der Waals surface area contributed by atoms with Crippen LogP contribution >= 0.6 is 11.3 Å². The summed E-state index contributed by atoms with van der Waals surface area (Å²) in [5.74, 6) is -0.443. The first-order valence-electron chi connectivity index (χ1n) is 8.22. The molecule has 0 unspecified atom stereocenters. The Kier molecular flexibility index (Phi) is 4.04. The number of fused-ring (bicyclic) bond motifs is 1. The molecule has 26 heavy (non-hydrogen) atoms.